The first-order valence-corrected chi connectivity index (χ1v) is 29.0. The molecule has 74 heavy (non-hydrogen) atoms. The van der Waals surface area contributed by atoms with Gasteiger partial charge in [-0.15, -0.1) is 0 Å². The number of fused-ring (bicyclic) bond motifs is 8. The molecule has 0 aromatic heterocycles. The van der Waals surface area contributed by atoms with Crippen molar-refractivity contribution in [1.82, 2.24) is 0 Å². The summed E-state index contributed by atoms with van der Waals surface area (Å²) in [5, 5.41) is 0. The van der Waals surface area contributed by atoms with E-state index in [-0.39, 0.29) is 13.4 Å². The predicted octanol–water partition coefficient (Wildman–Crippen LogP) is 12.1. The third kappa shape index (κ3) is 5.81. The number of rotatable bonds is 5. The molecule has 8 aromatic carbocycles. The summed E-state index contributed by atoms with van der Waals surface area (Å²) in [5.41, 5.74) is 22.9. The van der Waals surface area contributed by atoms with E-state index < -0.39 is 0 Å². The third-order valence-corrected chi connectivity index (χ3v) is 21.3. The maximum atomic E-state index is 2.92. The molecule has 5 nitrogen and oxygen atoms in total. The number of para-hydroxylation sites is 5. The lowest BCUT2D eigenvalue weighted by Gasteiger charge is -2.58. The summed E-state index contributed by atoms with van der Waals surface area (Å²) < 4.78 is 0. The summed E-state index contributed by atoms with van der Waals surface area (Å²) >= 11 is 2.04. The van der Waals surface area contributed by atoms with Crippen molar-refractivity contribution in [3.05, 3.63) is 176 Å². The van der Waals surface area contributed by atoms with Gasteiger partial charge in [-0.3, -0.25) is 0 Å². The average Bonchev–Trinajstić information content (AvgIpc) is 3.42. The molecule has 0 spiro atoms. The van der Waals surface area contributed by atoms with E-state index in [1.165, 1.54) is 169 Å². The van der Waals surface area contributed by atoms with Gasteiger partial charge < -0.3 is 24.5 Å². The summed E-state index contributed by atoms with van der Waals surface area (Å²) in [6.45, 7) is 0.120. The molecule has 8 aliphatic heterocycles. The second-order valence-electron chi connectivity index (χ2n) is 24.1. The predicted molar refractivity (Wildman–Crippen MR) is 311 cm³/mol. The maximum absolute atomic E-state index is 2.92. The van der Waals surface area contributed by atoms with Gasteiger partial charge in [0, 0.05) is 96.5 Å². The van der Waals surface area contributed by atoms with Crippen LogP contribution in [0, 0.1) is 23.7 Å². The van der Waals surface area contributed by atoms with Gasteiger partial charge in [0.25, 0.3) is 6.71 Å². The average molecular weight is 974 g/mol. The number of hydrogen-bond acceptors (Lipinski definition) is 6. The van der Waals surface area contributed by atoms with Crippen LogP contribution >= 0.6 is 11.8 Å². The fourth-order valence-electron chi connectivity index (χ4n) is 17.9. The first-order chi connectivity index (χ1) is 36.6. The Labute approximate surface area is 440 Å². The van der Waals surface area contributed by atoms with E-state index in [0.717, 1.165) is 23.7 Å². The van der Waals surface area contributed by atoms with Gasteiger partial charge in [0.15, 0.2) is 0 Å². The molecule has 8 heteroatoms. The first kappa shape index (κ1) is 41.6. The van der Waals surface area contributed by atoms with E-state index >= 15 is 0 Å². The standard InChI is InChI=1S/C66H57B2N5S/c1-4-14-44(15-5-1)71-57-22-12-10-20-53(57)67-55-38-56-63(39-59(55)73(46-18-8-3-9-19-46)61-35-51(34-60(71)65(61)67)69-47-26-40-24-41(28-47)29-48(69)27-40)74-64-37-52(70-49-30-42-25-43(32-49)33-50(70)31-42)36-62-66(64)68(56)54-21-11-13-23-58(54)72(62)45-16-6-2-7-17-45/h1-23,34-43,47-50H,24-33H2. The van der Waals surface area contributed by atoms with Crippen LogP contribution in [-0.2, 0) is 0 Å². The molecule has 8 bridgehead atoms. The van der Waals surface area contributed by atoms with Crippen LogP contribution in [0.15, 0.2) is 186 Å². The molecular weight excluding hydrogens is 916 g/mol. The van der Waals surface area contributed by atoms with Gasteiger partial charge in [-0.2, -0.15) is 0 Å². The van der Waals surface area contributed by atoms with Crippen molar-refractivity contribution in [2.45, 2.75) is 98.2 Å². The number of nitrogens with zero attached hydrogens (tertiary/aromatic N) is 5. The van der Waals surface area contributed by atoms with Gasteiger partial charge in [0.2, 0.25) is 6.71 Å². The largest absolute Gasteiger partial charge is 0.365 e. The lowest BCUT2D eigenvalue weighted by atomic mass is 9.31. The molecule has 4 saturated carbocycles. The molecule has 8 aromatic rings. The maximum Gasteiger partial charge on any atom is 0.252 e. The van der Waals surface area contributed by atoms with E-state index in [1.807, 2.05) is 11.8 Å². The lowest BCUT2D eigenvalue weighted by molar-refractivity contribution is 0.0899. The number of hydrogen-bond donors (Lipinski definition) is 0. The van der Waals surface area contributed by atoms with Gasteiger partial charge >= 0.3 is 0 Å². The molecule has 12 aliphatic rings. The summed E-state index contributed by atoms with van der Waals surface area (Å²) in [6, 6.07) is 71.0. The van der Waals surface area contributed by atoms with E-state index in [1.54, 1.807) is 0 Å². The SMILES string of the molecule is c1ccc(N2c3ccccc3B3c4cc5c(cc4Sc4cc(N6C7CC8CC(C7)CC6C8)cc2c43)N(c2ccccc2)c2cc(N3C4CC6CC(C4)CC3C6)cc3c2B5c2ccccc2N3c2ccccc2)cc1. The number of anilines is 11. The van der Waals surface area contributed by atoms with Crippen LogP contribution < -0.4 is 57.3 Å². The molecule has 0 radical (unpaired) electrons. The molecule has 0 amide bonds. The summed E-state index contributed by atoms with van der Waals surface area (Å²) in [4.78, 5) is 16.6. The van der Waals surface area contributed by atoms with Crippen LogP contribution in [0.2, 0.25) is 0 Å². The molecule has 4 saturated heterocycles. The Kier molecular flexibility index (Phi) is 8.66. The molecule has 358 valence electrons. The molecule has 0 atom stereocenters. The Bertz CT molecular complexity index is 3590. The van der Waals surface area contributed by atoms with Crippen molar-refractivity contribution in [2.75, 3.05) is 24.5 Å². The summed E-state index contributed by atoms with van der Waals surface area (Å²) in [7, 11) is 0. The zero-order valence-corrected chi connectivity index (χ0v) is 42.5. The fraction of sp³-hybridized carbons (Fsp3) is 0.273. The van der Waals surface area contributed by atoms with Gasteiger partial charge in [-0.25, -0.2) is 0 Å². The van der Waals surface area contributed by atoms with Crippen LogP contribution in [0.3, 0.4) is 0 Å². The van der Waals surface area contributed by atoms with Crippen molar-refractivity contribution >= 4 is 121 Å². The Morgan fingerprint density at radius 3 is 1.16 bits per heavy atom. The Balaban J connectivity index is 0.889. The van der Waals surface area contributed by atoms with Gasteiger partial charge in [0.05, 0.1) is 0 Å². The van der Waals surface area contributed by atoms with Crippen molar-refractivity contribution in [2.24, 2.45) is 23.7 Å². The minimum atomic E-state index is 0.0385. The molecular formula is C66H57B2N5S. The second kappa shape index (κ2) is 15.4. The Morgan fingerprint density at radius 1 is 0.297 bits per heavy atom. The van der Waals surface area contributed by atoms with E-state index in [4.69, 9.17) is 0 Å². The highest BCUT2D eigenvalue weighted by molar-refractivity contribution is 8.00. The van der Waals surface area contributed by atoms with Gasteiger partial charge in [-0.1, -0.05) is 114 Å². The minimum absolute atomic E-state index is 0.0385. The Hall–Kier alpha value is -6.76. The van der Waals surface area contributed by atoms with Crippen LogP contribution in [0.5, 0.6) is 0 Å². The summed E-state index contributed by atoms with van der Waals surface area (Å²) in [6.07, 6.45) is 13.6. The third-order valence-electron chi connectivity index (χ3n) is 20.1. The molecule has 4 aliphatic carbocycles. The summed E-state index contributed by atoms with van der Waals surface area (Å²) in [5.74, 6) is 3.58. The number of piperidine rings is 4. The Morgan fingerprint density at radius 2 is 0.689 bits per heavy atom. The zero-order valence-electron chi connectivity index (χ0n) is 41.7. The lowest BCUT2D eigenvalue weighted by Crippen LogP contribution is -2.64. The van der Waals surface area contributed by atoms with Gasteiger partial charge in [0.1, 0.15) is 0 Å². The zero-order chi connectivity index (χ0) is 47.9. The first-order valence-electron chi connectivity index (χ1n) is 28.1. The molecule has 0 N–H and O–H groups in total. The van der Waals surface area contributed by atoms with Crippen molar-refractivity contribution < 1.29 is 0 Å². The monoisotopic (exact) mass is 973 g/mol. The van der Waals surface area contributed by atoms with E-state index in [0.29, 0.717) is 24.2 Å². The second-order valence-corrected chi connectivity index (χ2v) is 25.2. The highest BCUT2D eigenvalue weighted by Gasteiger charge is 2.52. The highest BCUT2D eigenvalue weighted by Crippen LogP contribution is 2.56. The quantitative estimate of drug-likeness (QED) is 0.159. The normalized spacial score (nSPS) is 26.4. The number of benzene rings is 8. The van der Waals surface area contributed by atoms with E-state index in [2.05, 4.69) is 200 Å². The molecule has 8 heterocycles. The smallest absolute Gasteiger partial charge is 0.252 e. The highest BCUT2D eigenvalue weighted by atomic mass is 32.2. The molecule has 8 fully saturated rings. The van der Waals surface area contributed by atoms with Crippen LogP contribution in [0.25, 0.3) is 0 Å². The van der Waals surface area contributed by atoms with Crippen LogP contribution in [-0.4, -0.2) is 37.6 Å². The van der Waals surface area contributed by atoms with Crippen LogP contribution in [0.1, 0.15) is 64.2 Å². The van der Waals surface area contributed by atoms with Crippen molar-refractivity contribution in [3.63, 3.8) is 0 Å². The molecule has 20 rings (SSSR count). The van der Waals surface area contributed by atoms with Crippen molar-refractivity contribution in [1.29, 1.82) is 0 Å². The minimum Gasteiger partial charge on any atom is -0.365 e. The topological polar surface area (TPSA) is 16.2 Å². The molecule has 0 unspecified atom stereocenters. The fourth-order valence-corrected chi connectivity index (χ4v) is 19.1. The van der Waals surface area contributed by atoms with E-state index in [9.17, 15) is 0 Å². The van der Waals surface area contributed by atoms with Gasteiger partial charge in [-0.05, 0) is 194 Å². The van der Waals surface area contributed by atoms with Crippen LogP contribution in [0.4, 0.5) is 62.6 Å². The van der Waals surface area contributed by atoms with Crippen molar-refractivity contribution in [3.8, 4) is 0 Å².